The first-order chi connectivity index (χ1) is 18.9. The molecule has 1 saturated carbocycles. The van der Waals surface area contributed by atoms with Crippen molar-refractivity contribution in [1.82, 2.24) is 14.9 Å². The number of nitrogens with one attached hydrogen (secondary N) is 2. The van der Waals surface area contributed by atoms with Crippen molar-refractivity contribution >= 4 is 29.3 Å². The van der Waals surface area contributed by atoms with Gasteiger partial charge in [-0.05, 0) is 71.1 Å². The van der Waals surface area contributed by atoms with Crippen molar-refractivity contribution in [2.24, 2.45) is 11.8 Å². The van der Waals surface area contributed by atoms with Crippen LogP contribution in [0.3, 0.4) is 0 Å². The third-order valence-electron chi connectivity index (χ3n) is 6.55. The quantitative estimate of drug-likeness (QED) is 0.282. The Balaban J connectivity index is 1.58. The number of halogens is 1. The maximum Gasteiger partial charge on any atom is 0.410 e. The molecule has 1 fully saturated rings. The molecule has 3 rings (SSSR count). The second-order valence-corrected chi connectivity index (χ2v) is 11.1. The zero-order valence-corrected chi connectivity index (χ0v) is 24.2. The van der Waals surface area contributed by atoms with Crippen LogP contribution < -0.4 is 10.6 Å². The smallest absolute Gasteiger partial charge is 0.410 e. The third-order valence-corrected chi connectivity index (χ3v) is 6.55. The number of ketones is 1. The molecule has 0 unspecified atom stereocenters. The summed E-state index contributed by atoms with van der Waals surface area (Å²) in [6.45, 7) is 8.38. The Bertz CT molecular complexity index is 1230. The molecule has 1 aromatic heterocycles. The van der Waals surface area contributed by atoms with Crippen LogP contribution in [0.15, 0.2) is 30.5 Å². The minimum atomic E-state index is -0.615. The Morgan fingerprint density at radius 2 is 2.02 bits per heavy atom. The van der Waals surface area contributed by atoms with E-state index in [0.717, 1.165) is 19.3 Å². The van der Waals surface area contributed by atoms with E-state index in [1.54, 1.807) is 60.2 Å². The summed E-state index contributed by atoms with van der Waals surface area (Å²) < 4.78 is 24.1. The first kappa shape index (κ1) is 30.8. The zero-order valence-electron chi connectivity index (χ0n) is 24.2. The van der Waals surface area contributed by atoms with E-state index in [0.29, 0.717) is 42.6 Å². The number of hydrogen-bond donors (Lipinski definition) is 2. The number of benzene rings is 1. The van der Waals surface area contributed by atoms with Crippen molar-refractivity contribution < 1.29 is 23.5 Å². The highest BCUT2D eigenvalue weighted by Crippen LogP contribution is 2.36. The van der Waals surface area contributed by atoms with Gasteiger partial charge in [0.25, 0.3) is 0 Å². The maximum absolute atomic E-state index is 13.6. The van der Waals surface area contributed by atoms with Crippen molar-refractivity contribution in [2.75, 3.05) is 37.9 Å². The van der Waals surface area contributed by atoms with E-state index >= 15 is 0 Å². The molecule has 1 atom stereocenters. The summed E-state index contributed by atoms with van der Waals surface area (Å²) in [4.78, 5) is 35.3. The van der Waals surface area contributed by atoms with Crippen LogP contribution in [-0.2, 0) is 14.3 Å². The van der Waals surface area contributed by atoms with Gasteiger partial charge in [-0.1, -0.05) is 17.9 Å². The lowest BCUT2D eigenvalue weighted by Gasteiger charge is -2.33. The number of methoxy groups -OCH3 is 1. The van der Waals surface area contributed by atoms with E-state index in [2.05, 4.69) is 32.4 Å². The molecule has 40 heavy (non-hydrogen) atoms. The maximum atomic E-state index is 13.6. The molecule has 0 bridgehead atoms. The fraction of sp³-hybridized carbons (Fsp3) is 0.533. The predicted octanol–water partition coefficient (Wildman–Crippen LogP) is 5.40. The van der Waals surface area contributed by atoms with Crippen molar-refractivity contribution in [3.63, 3.8) is 0 Å². The van der Waals surface area contributed by atoms with E-state index in [1.165, 1.54) is 17.0 Å². The van der Waals surface area contributed by atoms with E-state index in [1.807, 2.05) is 0 Å². The molecular weight excluding hydrogens is 513 g/mol. The van der Waals surface area contributed by atoms with Gasteiger partial charge in [-0.25, -0.2) is 14.2 Å². The lowest BCUT2D eigenvalue weighted by molar-refractivity contribution is -0.125. The van der Waals surface area contributed by atoms with Gasteiger partial charge >= 0.3 is 6.09 Å². The van der Waals surface area contributed by atoms with Crippen molar-refractivity contribution in [2.45, 2.75) is 65.0 Å². The number of nitrogens with zero attached hydrogens (tertiary/aromatic N) is 3. The molecule has 1 amide bonds. The molecule has 0 saturated heterocycles. The Labute approximate surface area is 236 Å². The molecule has 0 radical (unpaired) electrons. The van der Waals surface area contributed by atoms with E-state index in [9.17, 15) is 14.0 Å². The molecule has 1 aliphatic carbocycles. The van der Waals surface area contributed by atoms with Crippen LogP contribution in [-0.4, -0.2) is 65.7 Å². The monoisotopic (exact) mass is 553 g/mol. The van der Waals surface area contributed by atoms with E-state index in [4.69, 9.17) is 9.47 Å². The molecule has 1 aromatic carbocycles. The minimum absolute atomic E-state index is 0.0158. The summed E-state index contributed by atoms with van der Waals surface area (Å²) in [5.41, 5.74) is 0.594. The van der Waals surface area contributed by atoms with E-state index < -0.39 is 17.7 Å². The van der Waals surface area contributed by atoms with Crippen LogP contribution >= 0.6 is 0 Å². The lowest BCUT2D eigenvalue weighted by atomic mass is 9.72. The van der Waals surface area contributed by atoms with Gasteiger partial charge in [0.1, 0.15) is 17.2 Å². The average molecular weight is 554 g/mol. The standard InChI is InChI=1S/C30H40FN5O4/c1-20(36(5)29(38)40-30(2,3)4)26(37)17-22-15-21(16-22)11-12-23-19-33-28(34-25-10-7-9-24(31)18-25)35-27(23)32-13-8-14-39-6/h7,9-10,18-22H,8,13-17H2,1-6H3,(H2,32,33,34,35)/t20-,21?,22?/m0/s1. The number of likely N-dealkylation sites (N-methyl/N-ethyl adjacent to an activating group) is 1. The van der Waals surface area contributed by atoms with Gasteiger partial charge < -0.3 is 25.0 Å². The zero-order chi connectivity index (χ0) is 29.3. The Morgan fingerprint density at radius 1 is 1.27 bits per heavy atom. The summed E-state index contributed by atoms with van der Waals surface area (Å²) in [6, 6.07) is 5.54. The fourth-order valence-electron chi connectivity index (χ4n) is 4.15. The second-order valence-electron chi connectivity index (χ2n) is 11.1. The number of rotatable bonds is 11. The highest BCUT2D eigenvalue weighted by atomic mass is 19.1. The number of Topliss-reactive ketones (excluding diaryl/α,β-unsaturated/α-hetero) is 1. The first-order valence-corrected chi connectivity index (χ1v) is 13.6. The highest BCUT2D eigenvalue weighted by Gasteiger charge is 2.33. The number of aromatic nitrogens is 2. The molecule has 2 N–H and O–H groups in total. The highest BCUT2D eigenvalue weighted by molar-refractivity contribution is 5.87. The average Bonchev–Trinajstić information content (AvgIpc) is 2.86. The molecule has 0 aliphatic heterocycles. The van der Waals surface area contributed by atoms with Gasteiger partial charge in [0, 0.05) is 45.3 Å². The number of carbonyl (C=O) groups excluding carboxylic acids is 2. The van der Waals surface area contributed by atoms with Crippen molar-refractivity contribution in [3.05, 3.63) is 41.8 Å². The number of carbonyl (C=O) groups is 2. The molecule has 1 aliphatic rings. The molecule has 1 heterocycles. The molecule has 9 nitrogen and oxygen atoms in total. The summed E-state index contributed by atoms with van der Waals surface area (Å²) in [5, 5.41) is 6.31. The number of ether oxygens (including phenoxy) is 2. The summed E-state index contributed by atoms with van der Waals surface area (Å²) >= 11 is 0. The third kappa shape index (κ3) is 9.49. The first-order valence-electron chi connectivity index (χ1n) is 13.6. The topological polar surface area (TPSA) is 106 Å². The van der Waals surface area contributed by atoms with Gasteiger partial charge in [-0.2, -0.15) is 4.98 Å². The minimum Gasteiger partial charge on any atom is -0.444 e. The largest absolute Gasteiger partial charge is 0.444 e. The Hall–Kier alpha value is -3.71. The predicted molar refractivity (Wildman–Crippen MR) is 153 cm³/mol. The summed E-state index contributed by atoms with van der Waals surface area (Å²) in [6.07, 6.45) is 3.98. The SMILES string of the molecule is COCCCNc1nc(Nc2cccc(F)c2)ncc1C#CC1CC(CC(=O)[C@H](C)N(C)C(=O)OC(C)(C)C)C1. The van der Waals surface area contributed by atoms with Crippen molar-refractivity contribution in [3.8, 4) is 11.8 Å². The van der Waals surface area contributed by atoms with Crippen LogP contribution in [0, 0.1) is 29.5 Å². The normalized spacial score (nSPS) is 17.1. The van der Waals surface area contributed by atoms with Gasteiger partial charge in [0.05, 0.1) is 17.8 Å². The molecule has 10 heteroatoms. The summed E-state index contributed by atoms with van der Waals surface area (Å²) in [5.74, 6) is 7.48. The van der Waals surface area contributed by atoms with Crippen LogP contribution in [0.2, 0.25) is 0 Å². The van der Waals surface area contributed by atoms with Gasteiger partial charge in [-0.15, -0.1) is 0 Å². The lowest BCUT2D eigenvalue weighted by Crippen LogP contribution is -2.44. The molecule has 0 spiro atoms. The molecule has 2 aromatic rings. The number of amides is 1. The Morgan fingerprint density at radius 3 is 2.70 bits per heavy atom. The number of hydrogen-bond acceptors (Lipinski definition) is 8. The van der Waals surface area contributed by atoms with E-state index in [-0.39, 0.29) is 23.4 Å². The van der Waals surface area contributed by atoms with Crippen LogP contribution in [0.25, 0.3) is 0 Å². The molecular formula is C30H40FN5O4. The Kier molecular flexibility index (Phi) is 10.8. The van der Waals surface area contributed by atoms with Crippen LogP contribution in [0.5, 0.6) is 0 Å². The van der Waals surface area contributed by atoms with Gasteiger partial charge in [0.15, 0.2) is 5.78 Å². The second kappa shape index (κ2) is 14.1. The molecule has 216 valence electrons. The van der Waals surface area contributed by atoms with Crippen LogP contribution in [0.4, 0.5) is 26.6 Å². The summed E-state index contributed by atoms with van der Waals surface area (Å²) in [7, 11) is 3.25. The van der Waals surface area contributed by atoms with Gasteiger partial charge in [0.2, 0.25) is 5.95 Å². The fourth-order valence-corrected chi connectivity index (χ4v) is 4.15. The van der Waals surface area contributed by atoms with Crippen molar-refractivity contribution in [1.29, 1.82) is 0 Å². The number of anilines is 3. The van der Waals surface area contributed by atoms with Gasteiger partial charge in [-0.3, -0.25) is 4.79 Å². The van der Waals surface area contributed by atoms with Crippen LogP contribution in [0.1, 0.15) is 58.9 Å².